The van der Waals surface area contributed by atoms with Crippen molar-refractivity contribution in [2.75, 3.05) is 6.54 Å². The fourth-order valence-corrected chi connectivity index (χ4v) is 6.30. The molecule has 25 heavy (non-hydrogen) atoms. The summed E-state index contributed by atoms with van der Waals surface area (Å²) in [5, 5.41) is 0. The molecule has 0 unspecified atom stereocenters. The number of fused-ring (bicyclic) bond motifs is 1. The Labute approximate surface area is 155 Å². The third-order valence-corrected chi connectivity index (χ3v) is 7.56. The molecule has 1 aromatic rings. The number of rotatable bonds is 0. The van der Waals surface area contributed by atoms with E-state index in [2.05, 4.69) is 64.6 Å². The van der Waals surface area contributed by atoms with E-state index >= 15 is 0 Å². The van der Waals surface area contributed by atoms with Crippen LogP contribution in [0.2, 0.25) is 0 Å². The van der Waals surface area contributed by atoms with Crippen LogP contribution in [-0.4, -0.2) is 23.0 Å². The monoisotopic (exact) mass is 339 g/mol. The van der Waals surface area contributed by atoms with Crippen LogP contribution in [-0.2, 0) is 17.3 Å². The van der Waals surface area contributed by atoms with Crippen LogP contribution < -0.4 is 0 Å². The molecule has 1 nitrogen and oxygen atoms in total. The van der Waals surface area contributed by atoms with Crippen LogP contribution in [0.3, 0.4) is 0 Å². The van der Waals surface area contributed by atoms with E-state index in [0.717, 1.165) is 12.0 Å². The zero-order valence-corrected chi connectivity index (χ0v) is 17.3. The van der Waals surface area contributed by atoms with Crippen molar-refractivity contribution in [2.45, 2.75) is 102 Å². The highest BCUT2D eigenvalue weighted by Crippen LogP contribution is 2.57. The molecule has 4 rings (SSSR count). The molecule has 2 bridgehead atoms. The van der Waals surface area contributed by atoms with E-state index in [4.69, 9.17) is 0 Å². The average molecular weight is 340 g/mol. The minimum atomic E-state index is 0.249. The number of benzene rings is 1. The smallest absolute Gasteiger partial charge is 0.0178 e. The fourth-order valence-electron chi connectivity index (χ4n) is 6.30. The zero-order valence-electron chi connectivity index (χ0n) is 17.3. The summed E-state index contributed by atoms with van der Waals surface area (Å²) < 4.78 is 0. The summed E-state index contributed by atoms with van der Waals surface area (Å²) in [6, 6.07) is 8.27. The molecule has 1 saturated heterocycles. The number of hydrogen-bond acceptors (Lipinski definition) is 1. The highest BCUT2D eigenvalue weighted by molar-refractivity contribution is 5.45. The van der Waals surface area contributed by atoms with Crippen LogP contribution in [0.15, 0.2) is 18.2 Å². The maximum absolute atomic E-state index is 2.85. The van der Waals surface area contributed by atoms with Gasteiger partial charge in [0.15, 0.2) is 0 Å². The van der Waals surface area contributed by atoms with Gasteiger partial charge in [0, 0.05) is 17.0 Å². The Morgan fingerprint density at radius 2 is 1.76 bits per heavy atom. The molecular weight excluding hydrogens is 302 g/mol. The molecule has 1 saturated carbocycles. The van der Waals surface area contributed by atoms with Crippen LogP contribution >= 0.6 is 0 Å². The van der Waals surface area contributed by atoms with E-state index in [1.54, 1.807) is 11.1 Å². The first-order chi connectivity index (χ1) is 11.6. The molecule has 3 aliphatic rings. The van der Waals surface area contributed by atoms with Gasteiger partial charge < -0.3 is 0 Å². The summed E-state index contributed by atoms with van der Waals surface area (Å²) in [7, 11) is 0. The van der Waals surface area contributed by atoms with Crippen molar-refractivity contribution in [1.29, 1.82) is 0 Å². The maximum atomic E-state index is 2.85. The molecule has 1 aliphatic heterocycles. The van der Waals surface area contributed by atoms with Crippen molar-refractivity contribution in [1.82, 2.24) is 4.90 Å². The van der Waals surface area contributed by atoms with E-state index < -0.39 is 0 Å². The van der Waals surface area contributed by atoms with Gasteiger partial charge >= 0.3 is 0 Å². The second-order valence-corrected chi connectivity index (χ2v) is 11.0. The Bertz CT molecular complexity index is 660. The second-order valence-electron chi connectivity index (χ2n) is 11.0. The van der Waals surface area contributed by atoms with Crippen molar-refractivity contribution in [3.05, 3.63) is 34.9 Å². The van der Waals surface area contributed by atoms with Gasteiger partial charge in [-0.1, -0.05) is 51.8 Å². The summed E-state index contributed by atoms with van der Waals surface area (Å²) in [5.74, 6) is 0.872. The molecule has 1 heterocycles. The molecule has 0 amide bonds. The van der Waals surface area contributed by atoms with E-state index in [1.807, 2.05) is 0 Å². The van der Waals surface area contributed by atoms with E-state index in [-0.39, 0.29) is 11.0 Å². The molecule has 138 valence electrons. The summed E-state index contributed by atoms with van der Waals surface area (Å²) in [6.45, 7) is 15.6. The molecule has 0 N–H and O–H groups in total. The number of piperidine rings is 1. The van der Waals surface area contributed by atoms with Gasteiger partial charge in [-0.3, -0.25) is 4.90 Å². The topological polar surface area (TPSA) is 3.24 Å². The summed E-state index contributed by atoms with van der Waals surface area (Å²) in [6.07, 6.45) is 8.37. The fraction of sp³-hybridized carbons (Fsp3) is 0.750. The van der Waals surface area contributed by atoms with E-state index in [9.17, 15) is 0 Å². The minimum absolute atomic E-state index is 0.249. The van der Waals surface area contributed by atoms with Crippen molar-refractivity contribution in [3.8, 4) is 0 Å². The Hall–Kier alpha value is -0.820. The molecule has 1 heteroatoms. The largest absolute Gasteiger partial charge is 0.295 e. The Balaban J connectivity index is 1.84. The van der Waals surface area contributed by atoms with Crippen LogP contribution in [0.4, 0.5) is 0 Å². The first-order valence-electron chi connectivity index (χ1n) is 10.5. The quantitative estimate of drug-likeness (QED) is 0.574. The van der Waals surface area contributed by atoms with Gasteiger partial charge in [0.05, 0.1) is 0 Å². The summed E-state index contributed by atoms with van der Waals surface area (Å²) in [5.41, 5.74) is 5.94. The first-order valence-corrected chi connectivity index (χ1v) is 10.5. The average Bonchev–Trinajstić information content (AvgIpc) is 2.52. The van der Waals surface area contributed by atoms with Gasteiger partial charge in [0.25, 0.3) is 0 Å². The summed E-state index contributed by atoms with van der Waals surface area (Å²) in [4.78, 5) is 2.85. The molecule has 2 fully saturated rings. The Morgan fingerprint density at radius 1 is 1.00 bits per heavy atom. The van der Waals surface area contributed by atoms with Gasteiger partial charge in [-0.25, -0.2) is 0 Å². The predicted molar refractivity (Wildman–Crippen MR) is 107 cm³/mol. The molecule has 1 aromatic carbocycles. The van der Waals surface area contributed by atoms with Gasteiger partial charge in [-0.15, -0.1) is 0 Å². The van der Waals surface area contributed by atoms with Gasteiger partial charge in [0.1, 0.15) is 0 Å². The molecule has 0 radical (unpaired) electrons. The van der Waals surface area contributed by atoms with Gasteiger partial charge in [0.2, 0.25) is 0 Å². The number of likely N-dealkylation sites (tertiary alicyclic amines) is 1. The first kappa shape index (κ1) is 17.6. The number of hydrogen-bond donors (Lipinski definition) is 0. The molecule has 3 atom stereocenters. The Morgan fingerprint density at radius 3 is 2.44 bits per heavy atom. The van der Waals surface area contributed by atoms with Crippen LogP contribution in [0.5, 0.6) is 0 Å². The van der Waals surface area contributed by atoms with Gasteiger partial charge in [-0.2, -0.15) is 0 Å². The number of nitrogens with zero attached hydrogens (tertiary/aromatic N) is 1. The van der Waals surface area contributed by atoms with Crippen LogP contribution in [0.1, 0.15) is 90.3 Å². The van der Waals surface area contributed by atoms with Crippen LogP contribution in [0.25, 0.3) is 0 Å². The highest BCUT2D eigenvalue weighted by Gasteiger charge is 2.55. The molecule has 2 aliphatic carbocycles. The van der Waals surface area contributed by atoms with Crippen LogP contribution in [0, 0.1) is 5.92 Å². The lowest BCUT2D eigenvalue weighted by Gasteiger charge is -2.61. The van der Waals surface area contributed by atoms with Gasteiger partial charge in [-0.05, 0) is 81.0 Å². The normalized spacial score (nSPS) is 32.9. The second kappa shape index (κ2) is 5.59. The predicted octanol–water partition coefficient (Wildman–Crippen LogP) is 5.84. The van der Waals surface area contributed by atoms with Crippen molar-refractivity contribution in [2.24, 2.45) is 5.92 Å². The Kier molecular flexibility index (Phi) is 3.93. The SMILES string of the molecule is CC(C)(C)c1ccc2c(c1)[C@]13CCCC[C@H]1[C@H](C2)N(C(C)(C)C)CC3. The van der Waals surface area contributed by atoms with Crippen molar-refractivity contribution < 1.29 is 0 Å². The molecule has 0 spiro atoms. The lowest BCUT2D eigenvalue weighted by atomic mass is 9.51. The zero-order chi connectivity index (χ0) is 18.0. The van der Waals surface area contributed by atoms with Crippen molar-refractivity contribution in [3.63, 3.8) is 0 Å². The third-order valence-electron chi connectivity index (χ3n) is 7.56. The molecular formula is C24H37N. The van der Waals surface area contributed by atoms with E-state index in [0.29, 0.717) is 5.41 Å². The summed E-state index contributed by atoms with van der Waals surface area (Å²) >= 11 is 0. The molecule has 0 aromatic heterocycles. The maximum Gasteiger partial charge on any atom is 0.0178 e. The minimum Gasteiger partial charge on any atom is -0.295 e. The van der Waals surface area contributed by atoms with E-state index in [1.165, 1.54) is 50.6 Å². The third kappa shape index (κ3) is 2.69. The van der Waals surface area contributed by atoms with Crippen molar-refractivity contribution >= 4 is 0 Å². The lowest BCUT2D eigenvalue weighted by molar-refractivity contribution is -0.0542. The highest BCUT2D eigenvalue weighted by atomic mass is 15.2. The lowest BCUT2D eigenvalue weighted by Crippen LogP contribution is -2.64. The standard InChI is InChI=1S/C24H37N/c1-22(2,3)18-11-10-17-15-21-19-9-7-8-12-24(19,20(17)16-18)13-14-25(21)23(4,5)6/h10-11,16,19,21H,7-9,12-15H2,1-6H3/t19-,21-,24-/m0/s1.